The van der Waals surface area contributed by atoms with Crippen molar-refractivity contribution in [3.05, 3.63) is 53.8 Å². The Bertz CT molecular complexity index is 960. The van der Waals surface area contributed by atoms with Gasteiger partial charge in [0.25, 0.3) is 0 Å². The van der Waals surface area contributed by atoms with E-state index in [1.807, 2.05) is 6.07 Å². The first-order valence-electron chi connectivity index (χ1n) is 9.56. The SMILES string of the molecule is CCCCNC(=O)CSc1nc(-c2ccc(F)cc2)nc2ccc(CC)cc12. The minimum absolute atomic E-state index is 0.000176. The summed E-state index contributed by atoms with van der Waals surface area (Å²) in [6, 6.07) is 12.3. The number of nitrogens with zero attached hydrogens (tertiary/aromatic N) is 2. The van der Waals surface area contributed by atoms with Gasteiger partial charge in [-0.25, -0.2) is 14.4 Å². The minimum atomic E-state index is -0.296. The summed E-state index contributed by atoms with van der Waals surface area (Å²) in [5.41, 5.74) is 2.76. The lowest BCUT2D eigenvalue weighted by molar-refractivity contribution is -0.118. The molecule has 0 aliphatic carbocycles. The summed E-state index contributed by atoms with van der Waals surface area (Å²) in [6.45, 7) is 4.89. The molecule has 3 aromatic rings. The van der Waals surface area contributed by atoms with E-state index in [4.69, 9.17) is 4.98 Å². The number of hydrogen-bond donors (Lipinski definition) is 1. The maximum Gasteiger partial charge on any atom is 0.230 e. The summed E-state index contributed by atoms with van der Waals surface area (Å²) in [5.74, 6) is 0.538. The molecule has 3 rings (SSSR count). The van der Waals surface area contributed by atoms with Crippen LogP contribution in [0.25, 0.3) is 22.3 Å². The first-order valence-corrected chi connectivity index (χ1v) is 10.6. The number of nitrogens with one attached hydrogen (secondary N) is 1. The Hall–Kier alpha value is -2.47. The van der Waals surface area contributed by atoms with Crippen LogP contribution in [0.15, 0.2) is 47.5 Å². The van der Waals surface area contributed by atoms with Gasteiger partial charge in [0, 0.05) is 17.5 Å². The number of hydrogen-bond acceptors (Lipinski definition) is 4. The molecule has 2 aromatic carbocycles. The summed E-state index contributed by atoms with van der Waals surface area (Å²) in [6.07, 6.45) is 2.93. The van der Waals surface area contributed by atoms with E-state index in [0.29, 0.717) is 18.1 Å². The molecule has 1 aromatic heterocycles. The molecule has 6 heteroatoms. The van der Waals surface area contributed by atoms with Gasteiger partial charge in [0.15, 0.2) is 5.82 Å². The van der Waals surface area contributed by atoms with Crippen molar-refractivity contribution >= 4 is 28.6 Å². The Morgan fingerprint density at radius 2 is 1.89 bits per heavy atom. The number of rotatable bonds is 8. The zero-order valence-corrected chi connectivity index (χ0v) is 17.0. The molecule has 28 heavy (non-hydrogen) atoms. The van der Waals surface area contributed by atoms with Crippen LogP contribution in [0, 0.1) is 5.82 Å². The number of aromatic nitrogens is 2. The van der Waals surface area contributed by atoms with Gasteiger partial charge in [0.05, 0.1) is 11.3 Å². The number of unbranched alkanes of at least 4 members (excludes halogenated alkanes) is 1. The summed E-state index contributed by atoms with van der Waals surface area (Å²) in [7, 11) is 0. The second-order valence-electron chi connectivity index (χ2n) is 6.56. The van der Waals surface area contributed by atoms with Crippen molar-refractivity contribution in [3.8, 4) is 11.4 Å². The van der Waals surface area contributed by atoms with Gasteiger partial charge in [-0.2, -0.15) is 0 Å². The Morgan fingerprint density at radius 1 is 1.11 bits per heavy atom. The molecule has 0 saturated heterocycles. The van der Waals surface area contributed by atoms with Crippen LogP contribution in [-0.2, 0) is 11.2 Å². The Labute approximate surface area is 169 Å². The van der Waals surface area contributed by atoms with E-state index in [9.17, 15) is 9.18 Å². The third kappa shape index (κ3) is 5.07. The Morgan fingerprint density at radius 3 is 2.61 bits per heavy atom. The Balaban J connectivity index is 1.92. The van der Waals surface area contributed by atoms with E-state index < -0.39 is 0 Å². The molecular weight excluding hydrogens is 373 g/mol. The second kappa shape index (κ2) is 9.64. The second-order valence-corrected chi connectivity index (χ2v) is 7.52. The van der Waals surface area contributed by atoms with Gasteiger partial charge in [-0.15, -0.1) is 0 Å². The molecular formula is C22H24FN3OS. The van der Waals surface area contributed by atoms with E-state index in [2.05, 4.69) is 36.3 Å². The van der Waals surface area contributed by atoms with Crippen LogP contribution in [0.5, 0.6) is 0 Å². The molecule has 0 aliphatic rings. The molecule has 4 nitrogen and oxygen atoms in total. The standard InChI is InChI=1S/C22H24FN3OS/c1-3-5-12-24-20(27)14-28-22-18-13-15(4-2)6-11-19(18)25-21(26-22)16-7-9-17(23)10-8-16/h6-11,13H,3-5,12,14H2,1-2H3,(H,24,27). The molecule has 0 radical (unpaired) electrons. The summed E-state index contributed by atoms with van der Waals surface area (Å²) in [4.78, 5) is 21.5. The number of amides is 1. The molecule has 0 fully saturated rings. The number of fused-ring (bicyclic) bond motifs is 1. The summed E-state index contributed by atoms with van der Waals surface area (Å²) < 4.78 is 13.3. The van der Waals surface area contributed by atoms with Crippen LogP contribution >= 0.6 is 11.8 Å². The molecule has 146 valence electrons. The highest BCUT2D eigenvalue weighted by Gasteiger charge is 2.12. The molecule has 0 saturated carbocycles. The number of carbonyl (C=O) groups excluding carboxylic acids is 1. The maximum atomic E-state index is 13.3. The lowest BCUT2D eigenvalue weighted by atomic mass is 10.1. The highest BCUT2D eigenvalue weighted by atomic mass is 32.2. The number of benzene rings is 2. The maximum absolute atomic E-state index is 13.3. The van der Waals surface area contributed by atoms with Crippen molar-refractivity contribution in [1.82, 2.24) is 15.3 Å². The number of thioether (sulfide) groups is 1. The Kier molecular flexibility index (Phi) is 6.98. The molecule has 1 heterocycles. The average Bonchev–Trinajstić information content (AvgIpc) is 2.72. The zero-order valence-electron chi connectivity index (χ0n) is 16.2. The third-order valence-corrected chi connectivity index (χ3v) is 5.42. The normalized spacial score (nSPS) is 11.0. The predicted octanol–water partition coefficient (Wildman–Crippen LogP) is 5.01. The van der Waals surface area contributed by atoms with Gasteiger partial charge in [-0.05, 0) is 54.8 Å². The van der Waals surface area contributed by atoms with Crippen LogP contribution in [0.4, 0.5) is 4.39 Å². The van der Waals surface area contributed by atoms with Crippen molar-refractivity contribution in [1.29, 1.82) is 0 Å². The fourth-order valence-corrected chi connectivity index (χ4v) is 3.63. The van der Waals surface area contributed by atoms with Crippen molar-refractivity contribution in [3.63, 3.8) is 0 Å². The van der Waals surface area contributed by atoms with Gasteiger partial charge in [0.1, 0.15) is 10.8 Å². The van der Waals surface area contributed by atoms with Crippen LogP contribution in [0.3, 0.4) is 0 Å². The van der Waals surface area contributed by atoms with Gasteiger partial charge < -0.3 is 5.32 Å². The first kappa shape index (κ1) is 20.3. The quantitative estimate of drug-likeness (QED) is 0.330. The molecule has 0 spiro atoms. The van der Waals surface area contributed by atoms with E-state index in [0.717, 1.165) is 40.8 Å². The fourth-order valence-electron chi connectivity index (χ4n) is 2.80. The first-order chi connectivity index (χ1) is 13.6. The smallest absolute Gasteiger partial charge is 0.230 e. The largest absolute Gasteiger partial charge is 0.355 e. The van der Waals surface area contributed by atoms with E-state index in [1.165, 1.54) is 29.5 Å². The minimum Gasteiger partial charge on any atom is -0.355 e. The monoisotopic (exact) mass is 397 g/mol. The van der Waals surface area contributed by atoms with Crippen LogP contribution in [0.1, 0.15) is 32.3 Å². The highest BCUT2D eigenvalue weighted by molar-refractivity contribution is 8.00. The van der Waals surface area contributed by atoms with Gasteiger partial charge >= 0.3 is 0 Å². The molecule has 0 aliphatic heterocycles. The molecule has 0 atom stereocenters. The van der Waals surface area contributed by atoms with E-state index >= 15 is 0 Å². The fraction of sp³-hybridized carbons (Fsp3) is 0.318. The topological polar surface area (TPSA) is 54.9 Å². The van der Waals surface area contributed by atoms with Crippen molar-refractivity contribution in [2.45, 2.75) is 38.1 Å². The zero-order chi connectivity index (χ0) is 19.9. The van der Waals surface area contributed by atoms with Crippen LogP contribution in [0.2, 0.25) is 0 Å². The number of carbonyl (C=O) groups is 1. The number of halogens is 1. The summed E-state index contributed by atoms with van der Waals surface area (Å²) >= 11 is 1.41. The predicted molar refractivity (Wildman–Crippen MR) is 113 cm³/mol. The van der Waals surface area contributed by atoms with E-state index in [1.54, 1.807) is 12.1 Å². The molecule has 0 unspecified atom stereocenters. The van der Waals surface area contributed by atoms with Crippen molar-refractivity contribution < 1.29 is 9.18 Å². The molecule has 1 N–H and O–H groups in total. The van der Waals surface area contributed by atoms with Gasteiger partial charge in [-0.1, -0.05) is 38.1 Å². The van der Waals surface area contributed by atoms with Crippen molar-refractivity contribution in [2.24, 2.45) is 0 Å². The van der Waals surface area contributed by atoms with E-state index in [-0.39, 0.29) is 11.7 Å². The molecule has 0 bridgehead atoms. The molecule has 1 amide bonds. The summed E-state index contributed by atoms with van der Waals surface area (Å²) in [5, 5.41) is 4.64. The third-order valence-electron chi connectivity index (χ3n) is 4.43. The number of aryl methyl sites for hydroxylation is 1. The van der Waals surface area contributed by atoms with Crippen molar-refractivity contribution in [2.75, 3.05) is 12.3 Å². The van der Waals surface area contributed by atoms with Crippen LogP contribution < -0.4 is 5.32 Å². The van der Waals surface area contributed by atoms with Gasteiger partial charge in [-0.3, -0.25) is 4.79 Å². The van der Waals surface area contributed by atoms with Crippen LogP contribution in [-0.4, -0.2) is 28.2 Å². The lowest BCUT2D eigenvalue weighted by Gasteiger charge is -2.10. The average molecular weight is 398 g/mol. The van der Waals surface area contributed by atoms with Gasteiger partial charge in [0.2, 0.25) is 5.91 Å². The highest BCUT2D eigenvalue weighted by Crippen LogP contribution is 2.29. The lowest BCUT2D eigenvalue weighted by Crippen LogP contribution is -2.26.